The standard InChI is InChI=1S/C19H30O2/c1-17-11-12-19(21)15(14(17)8-9-16(17)20)7-6-13-5-3-4-10-18(13,19)2/h13-15,21H,3-12H2,1-2H3/t13-,14?,15?,17-,18-,19+/m0/s1. The largest absolute Gasteiger partial charge is 0.389 e. The molecule has 4 aliphatic rings. The van der Waals surface area contributed by atoms with Gasteiger partial charge in [-0.25, -0.2) is 0 Å². The van der Waals surface area contributed by atoms with E-state index in [4.69, 9.17) is 0 Å². The molecule has 0 spiro atoms. The van der Waals surface area contributed by atoms with Gasteiger partial charge in [0.25, 0.3) is 0 Å². The maximum atomic E-state index is 12.4. The predicted molar refractivity (Wildman–Crippen MR) is 82.8 cm³/mol. The first-order chi connectivity index (χ1) is 9.92. The average Bonchev–Trinajstić information content (AvgIpc) is 2.76. The van der Waals surface area contributed by atoms with Gasteiger partial charge >= 0.3 is 0 Å². The quantitative estimate of drug-likeness (QED) is 0.729. The van der Waals surface area contributed by atoms with E-state index in [1.807, 2.05) is 0 Å². The molecule has 2 unspecified atom stereocenters. The van der Waals surface area contributed by atoms with E-state index in [1.54, 1.807) is 0 Å². The first-order valence-electron chi connectivity index (χ1n) is 9.17. The van der Waals surface area contributed by atoms with Crippen LogP contribution in [0.15, 0.2) is 0 Å². The second-order valence-corrected chi connectivity index (χ2v) is 8.95. The molecule has 0 aliphatic heterocycles. The molecule has 6 atom stereocenters. The van der Waals surface area contributed by atoms with Crippen LogP contribution in [0.3, 0.4) is 0 Å². The summed E-state index contributed by atoms with van der Waals surface area (Å²) >= 11 is 0. The average molecular weight is 290 g/mol. The second kappa shape index (κ2) is 4.34. The second-order valence-electron chi connectivity index (χ2n) is 8.95. The lowest BCUT2D eigenvalue weighted by Crippen LogP contribution is -2.65. The Morgan fingerprint density at radius 2 is 1.76 bits per heavy atom. The van der Waals surface area contributed by atoms with Crippen LogP contribution in [0.25, 0.3) is 0 Å². The lowest BCUT2D eigenvalue weighted by atomic mass is 9.43. The lowest BCUT2D eigenvalue weighted by Gasteiger charge is -2.64. The highest BCUT2D eigenvalue weighted by Gasteiger charge is 2.66. The number of Topliss-reactive ketones (excluding diaryl/α,β-unsaturated/α-hetero) is 1. The highest BCUT2D eigenvalue weighted by Crippen LogP contribution is 2.67. The summed E-state index contributed by atoms with van der Waals surface area (Å²) in [5.41, 5.74) is -0.499. The van der Waals surface area contributed by atoms with E-state index in [2.05, 4.69) is 13.8 Å². The van der Waals surface area contributed by atoms with Crippen LogP contribution in [-0.2, 0) is 4.79 Å². The maximum absolute atomic E-state index is 12.4. The van der Waals surface area contributed by atoms with Crippen molar-refractivity contribution in [1.29, 1.82) is 0 Å². The molecule has 4 aliphatic carbocycles. The van der Waals surface area contributed by atoms with Gasteiger partial charge in [0, 0.05) is 11.8 Å². The number of hydrogen-bond acceptors (Lipinski definition) is 2. The number of carbonyl (C=O) groups is 1. The van der Waals surface area contributed by atoms with Crippen LogP contribution in [0.2, 0.25) is 0 Å². The van der Waals surface area contributed by atoms with Crippen LogP contribution in [0.4, 0.5) is 0 Å². The molecule has 0 aromatic rings. The van der Waals surface area contributed by atoms with Gasteiger partial charge in [0.05, 0.1) is 5.60 Å². The van der Waals surface area contributed by atoms with E-state index < -0.39 is 5.60 Å². The molecule has 0 saturated heterocycles. The topological polar surface area (TPSA) is 37.3 Å². The van der Waals surface area contributed by atoms with Crippen molar-refractivity contribution in [2.45, 2.75) is 83.7 Å². The molecule has 21 heavy (non-hydrogen) atoms. The molecule has 0 radical (unpaired) electrons. The molecular weight excluding hydrogens is 260 g/mol. The van der Waals surface area contributed by atoms with Crippen LogP contribution < -0.4 is 0 Å². The van der Waals surface area contributed by atoms with Crippen molar-refractivity contribution in [3.63, 3.8) is 0 Å². The zero-order valence-corrected chi connectivity index (χ0v) is 13.7. The third-order valence-corrected chi connectivity index (χ3v) is 8.48. The van der Waals surface area contributed by atoms with Gasteiger partial charge in [0.15, 0.2) is 0 Å². The Kier molecular flexibility index (Phi) is 2.94. The molecule has 4 fully saturated rings. The fourth-order valence-electron chi connectivity index (χ4n) is 7.00. The SMILES string of the molecule is C[C@]12CCCC[C@H]1CCC1C3CCC(=O)[C@@]3(C)CC[C@@]12O. The number of hydrogen-bond donors (Lipinski definition) is 1. The summed E-state index contributed by atoms with van der Waals surface area (Å²) in [6.45, 7) is 4.57. The summed E-state index contributed by atoms with van der Waals surface area (Å²) in [6.07, 6.45) is 11.2. The molecule has 0 aromatic carbocycles. The van der Waals surface area contributed by atoms with Crippen molar-refractivity contribution in [2.75, 3.05) is 0 Å². The molecule has 0 amide bonds. The highest BCUT2D eigenvalue weighted by molar-refractivity contribution is 5.87. The van der Waals surface area contributed by atoms with Gasteiger partial charge in [-0.3, -0.25) is 4.79 Å². The van der Waals surface area contributed by atoms with Crippen molar-refractivity contribution in [3.05, 3.63) is 0 Å². The van der Waals surface area contributed by atoms with Crippen LogP contribution in [-0.4, -0.2) is 16.5 Å². The van der Waals surface area contributed by atoms with Gasteiger partial charge < -0.3 is 5.11 Å². The third kappa shape index (κ3) is 1.61. The molecule has 4 rings (SSSR count). The molecule has 0 bridgehead atoms. The Hall–Kier alpha value is -0.370. The zero-order valence-electron chi connectivity index (χ0n) is 13.7. The summed E-state index contributed by atoms with van der Waals surface area (Å²) in [5, 5.41) is 11.8. The lowest BCUT2D eigenvalue weighted by molar-refractivity contribution is -0.230. The van der Waals surface area contributed by atoms with Gasteiger partial charge in [-0.2, -0.15) is 0 Å². The van der Waals surface area contributed by atoms with Gasteiger partial charge in [-0.05, 0) is 68.1 Å². The Balaban J connectivity index is 1.73. The van der Waals surface area contributed by atoms with Gasteiger partial charge in [0.2, 0.25) is 0 Å². The van der Waals surface area contributed by atoms with Gasteiger partial charge in [0.1, 0.15) is 5.78 Å². The van der Waals surface area contributed by atoms with Crippen molar-refractivity contribution < 1.29 is 9.90 Å². The Labute approximate surface area is 128 Å². The summed E-state index contributed by atoms with van der Waals surface area (Å²) in [6, 6.07) is 0. The van der Waals surface area contributed by atoms with E-state index in [-0.39, 0.29) is 10.8 Å². The molecule has 2 nitrogen and oxygen atoms in total. The van der Waals surface area contributed by atoms with Crippen LogP contribution in [0.1, 0.15) is 78.1 Å². The van der Waals surface area contributed by atoms with Crippen LogP contribution in [0.5, 0.6) is 0 Å². The summed E-state index contributed by atoms with van der Waals surface area (Å²) in [4.78, 5) is 12.4. The fourth-order valence-corrected chi connectivity index (χ4v) is 7.00. The molecule has 0 aromatic heterocycles. The first-order valence-corrected chi connectivity index (χ1v) is 9.17. The Morgan fingerprint density at radius 3 is 2.57 bits per heavy atom. The highest BCUT2D eigenvalue weighted by atomic mass is 16.3. The molecule has 118 valence electrons. The molecule has 4 saturated carbocycles. The minimum atomic E-state index is -0.495. The summed E-state index contributed by atoms with van der Waals surface area (Å²) in [5.74, 6) is 2.02. The van der Waals surface area contributed by atoms with Crippen molar-refractivity contribution in [2.24, 2.45) is 28.6 Å². The van der Waals surface area contributed by atoms with Gasteiger partial charge in [-0.1, -0.05) is 26.7 Å². The minimum absolute atomic E-state index is 0.112. The smallest absolute Gasteiger partial charge is 0.139 e. The van der Waals surface area contributed by atoms with Crippen LogP contribution in [0, 0.1) is 28.6 Å². The van der Waals surface area contributed by atoms with E-state index in [9.17, 15) is 9.90 Å². The molecule has 1 N–H and O–H groups in total. The summed E-state index contributed by atoms with van der Waals surface area (Å²) in [7, 11) is 0. The number of fused-ring (bicyclic) bond motifs is 5. The van der Waals surface area contributed by atoms with Crippen molar-refractivity contribution >= 4 is 5.78 Å². The van der Waals surface area contributed by atoms with Crippen molar-refractivity contribution in [1.82, 2.24) is 0 Å². The number of ketones is 1. The monoisotopic (exact) mass is 290 g/mol. The van der Waals surface area contributed by atoms with Gasteiger partial charge in [-0.15, -0.1) is 0 Å². The number of carbonyl (C=O) groups excluding carboxylic acids is 1. The Morgan fingerprint density at radius 1 is 0.952 bits per heavy atom. The normalized spacial score (nSPS) is 56.5. The van der Waals surface area contributed by atoms with Crippen molar-refractivity contribution in [3.8, 4) is 0 Å². The molecule has 2 heteroatoms. The maximum Gasteiger partial charge on any atom is 0.139 e. The van der Waals surface area contributed by atoms with Crippen LogP contribution >= 0.6 is 0 Å². The molecular formula is C19H30O2. The Bertz CT molecular complexity index is 472. The zero-order chi connectivity index (χ0) is 14.9. The molecule has 0 heterocycles. The van der Waals surface area contributed by atoms with E-state index in [0.717, 1.165) is 32.1 Å². The predicted octanol–water partition coefficient (Wildman–Crippen LogP) is 4.10. The minimum Gasteiger partial charge on any atom is -0.389 e. The summed E-state index contributed by atoms with van der Waals surface area (Å²) < 4.78 is 0. The van der Waals surface area contributed by atoms with E-state index >= 15 is 0 Å². The first kappa shape index (κ1) is 14.2. The number of aliphatic hydroxyl groups is 1. The fraction of sp³-hybridized carbons (Fsp3) is 0.947. The number of rotatable bonds is 0. The third-order valence-electron chi connectivity index (χ3n) is 8.48. The van der Waals surface area contributed by atoms with E-state index in [0.29, 0.717) is 23.5 Å². The van der Waals surface area contributed by atoms with E-state index in [1.165, 1.54) is 32.1 Å².